The van der Waals surface area contributed by atoms with Gasteiger partial charge in [0.2, 0.25) is 5.91 Å². The average Bonchev–Trinajstić information content (AvgIpc) is 3.27. The zero-order valence-electron chi connectivity index (χ0n) is 21.4. The first-order chi connectivity index (χ1) is 18.9. The summed E-state index contributed by atoms with van der Waals surface area (Å²) in [6.07, 6.45) is 3.66. The molecule has 6 rings (SSSR count). The van der Waals surface area contributed by atoms with Crippen LogP contribution in [0.1, 0.15) is 16.7 Å². The number of halogens is 1. The fourth-order valence-corrected chi connectivity index (χ4v) is 5.16. The lowest BCUT2D eigenvalue weighted by molar-refractivity contribution is -0.132. The molecule has 0 radical (unpaired) electrons. The van der Waals surface area contributed by atoms with Gasteiger partial charge in [0.05, 0.1) is 34.4 Å². The monoisotopic (exact) mass is 538 g/mol. The van der Waals surface area contributed by atoms with Crippen molar-refractivity contribution in [1.82, 2.24) is 19.8 Å². The van der Waals surface area contributed by atoms with Gasteiger partial charge in [-0.15, -0.1) is 0 Å². The van der Waals surface area contributed by atoms with E-state index in [-0.39, 0.29) is 11.8 Å². The van der Waals surface area contributed by atoms with E-state index in [0.29, 0.717) is 28.4 Å². The summed E-state index contributed by atoms with van der Waals surface area (Å²) in [6, 6.07) is 18.9. The lowest BCUT2D eigenvalue weighted by Gasteiger charge is -2.32. The summed E-state index contributed by atoms with van der Waals surface area (Å²) < 4.78 is 0. The molecule has 2 amide bonds. The topological polar surface area (TPSA) is 90.5 Å². The molecule has 0 atom stereocenters. The Morgan fingerprint density at radius 1 is 0.949 bits per heavy atom. The largest absolute Gasteiger partial charge is 0.354 e. The number of anilines is 2. The van der Waals surface area contributed by atoms with Crippen LogP contribution in [0.4, 0.5) is 11.4 Å². The number of benzene rings is 3. The maximum Gasteiger partial charge on any atom is 0.258 e. The lowest BCUT2D eigenvalue weighted by atomic mass is 9.99. The number of rotatable bonds is 5. The van der Waals surface area contributed by atoms with Crippen molar-refractivity contribution >= 4 is 57.1 Å². The van der Waals surface area contributed by atoms with Crippen LogP contribution in [0.25, 0.3) is 22.3 Å². The van der Waals surface area contributed by atoms with E-state index >= 15 is 0 Å². The van der Waals surface area contributed by atoms with Gasteiger partial charge in [-0.1, -0.05) is 35.9 Å². The van der Waals surface area contributed by atoms with Gasteiger partial charge in [-0.2, -0.15) is 0 Å². The first-order valence-electron chi connectivity index (χ1n) is 12.8. The van der Waals surface area contributed by atoms with Crippen LogP contribution in [0, 0.1) is 0 Å². The number of aromatic nitrogens is 2. The van der Waals surface area contributed by atoms with Crippen molar-refractivity contribution in [2.45, 2.75) is 6.42 Å². The number of nitrogens with one attached hydrogen (secondary N) is 2. The molecule has 0 bridgehead atoms. The van der Waals surface area contributed by atoms with Crippen LogP contribution < -0.4 is 10.6 Å². The Hall–Kier alpha value is -4.27. The molecule has 3 heterocycles. The van der Waals surface area contributed by atoms with Gasteiger partial charge in [-0.3, -0.25) is 19.6 Å². The Balaban J connectivity index is 1.32. The van der Waals surface area contributed by atoms with Crippen molar-refractivity contribution in [1.29, 1.82) is 0 Å². The molecule has 0 aliphatic carbocycles. The molecule has 39 heavy (non-hydrogen) atoms. The van der Waals surface area contributed by atoms with Gasteiger partial charge in [0.25, 0.3) is 5.91 Å². The molecular weight excluding hydrogens is 512 g/mol. The first kappa shape index (κ1) is 25.0. The number of carbonyl (C=O) groups excluding carboxylic acids is 2. The smallest absolute Gasteiger partial charge is 0.258 e. The number of hydrogen-bond donors (Lipinski definition) is 2. The average molecular weight is 539 g/mol. The van der Waals surface area contributed by atoms with E-state index in [2.05, 4.69) is 32.5 Å². The predicted octanol–water partition coefficient (Wildman–Crippen LogP) is 4.53. The van der Waals surface area contributed by atoms with E-state index in [9.17, 15) is 9.59 Å². The maximum absolute atomic E-state index is 13.2. The van der Waals surface area contributed by atoms with Gasteiger partial charge in [0.1, 0.15) is 0 Å². The Kier molecular flexibility index (Phi) is 6.72. The van der Waals surface area contributed by atoms with Crippen LogP contribution in [-0.4, -0.2) is 64.8 Å². The number of likely N-dealkylation sites (N-methyl/N-ethyl adjacent to an activating group) is 1. The summed E-state index contributed by atoms with van der Waals surface area (Å²) in [5.41, 5.74) is 6.61. The number of carbonyl (C=O) groups is 2. The molecule has 9 heteroatoms. The van der Waals surface area contributed by atoms with E-state index in [1.54, 1.807) is 24.5 Å². The lowest BCUT2D eigenvalue weighted by Crippen LogP contribution is -2.47. The number of fused-ring (bicyclic) bond motifs is 2. The molecule has 2 N–H and O–H groups in total. The zero-order valence-corrected chi connectivity index (χ0v) is 22.2. The molecule has 3 aromatic carbocycles. The SMILES string of the molecule is CN1CCN(C(=O)Cc2ccc(NC(=C3C(=O)Nc4cc(Cl)ccc43)c3ccc4nccnc4c3)cc2)CC1. The highest BCUT2D eigenvalue weighted by Gasteiger charge is 2.29. The Bertz CT molecular complexity index is 1610. The standard InChI is InChI=1S/C30H27ClN6O2/c1-36-12-14-37(15-13-36)27(38)16-19-2-6-22(7-3-19)34-29(20-4-9-24-26(17-20)33-11-10-32-24)28-23-8-5-21(31)18-25(23)35-30(28)39/h2-11,17-18,34H,12-16H2,1H3,(H,35,39). The second-order valence-electron chi connectivity index (χ2n) is 9.84. The molecule has 196 valence electrons. The van der Waals surface area contributed by atoms with Gasteiger partial charge in [0, 0.05) is 60.4 Å². The fourth-order valence-electron chi connectivity index (χ4n) is 4.98. The quantitative estimate of drug-likeness (QED) is 0.363. The van der Waals surface area contributed by atoms with Crippen molar-refractivity contribution < 1.29 is 9.59 Å². The van der Waals surface area contributed by atoms with E-state index in [1.165, 1.54) is 0 Å². The number of piperazine rings is 1. The maximum atomic E-state index is 13.2. The number of hydrogen-bond acceptors (Lipinski definition) is 6. The summed E-state index contributed by atoms with van der Waals surface area (Å²) >= 11 is 6.19. The summed E-state index contributed by atoms with van der Waals surface area (Å²) in [4.78, 5) is 39.0. The van der Waals surface area contributed by atoms with Gasteiger partial charge in [0.15, 0.2) is 0 Å². The van der Waals surface area contributed by atoms with E-state index in [0.717, 1.165) is 59.6 Å². The van der Waals surface area contributed by atoms with Crippen LogP contribution in [0.5, 0.6) is 0 Å². The second-order valence-corrected chi connectivity index (χ2v) is 10.3. The third-order valence-electron chi connectivity index (χ3n) is 7.17. The third-order valence-corrected chi connectivity index (χ3v) is 7.40. The number of amides is 2. The molecule has 2 aliphatic heterocycles. The van der Waals surface area contributed by atoms with E-state index in [1.807, 2.05) is 53.4 Å². The molecule has 0 spiro atoms. The fraction of sp³-hybridized carbons (Fsp3) is 0.200. The normalized spacial score (nSPS) is 16.7. The van der Waals surface area contributed by atoms with Crippen molar-refractivity contribution in [3.05, 3.63) is 94.8 Å². The molecule has 2 aliphatic rings. The predicted molar refractivity (Wildman–Crippen MR) is 154 cm³/mol. The minimum Gasteiger partial charge on any atom is -0.354 e. The summed E-state index contributed by atoms with van der Waals surface area (Å²) in [6.45, 7) is 3.32. The molecule has 1 saturated heterocycles. The highest BCUT2D eigenvalue weighted by molar-refractivity contribution is 6.38. The van der Waals surface area contributed by atoms with Crippen LogP contribution in [0.2, 0.25) is 5.02 Å². The van der Waals surface area contributed by atoms with Gasteiger partial charge in [-0.25, -0.2) is 0 Å². The summed E-state index contributed by atoms with van der Waals surface area (Å²) in [5.74, 6) is -0.0785. The minimum atomic E-state index is -0.219. The molecule has 0 saturated carbocycles. The molecule has 1 fully saturated rings. The third kappa shape index (κ3) is 5.21. The second kappa shape index (κ2) is 10.5. The summed E-state index contributed by atoms with van der Waals surface area (Å²) in [5, 5.41) is 6.95. The van der Waals surface area contributed by atoms with Crippen LogP contribution in [0.15, 0.2) is 73.1 Å². The molecule has 4 aromatic rings. The molecular formula is C30H27ClN6O2. The Morgan fingerprint density at radius 3 is 2.46 bits per heavy atom. The Labute approximate surface area is 231 Å². The van der Waals surface area contributed by atoms with Gasteiger partial charge < -0.3 is 20.4 Å². The van der Waals surface area contributed by atoms with Crippen molar-refractivity contribution in [2.75, 3.05) is 43.9 Å². The zero-order chi connectivity index (χ0) is 26.9. The van der Waals surface area contributed by atoms with E-state index in [4.69, 9.17) is 11.6 Å². The van der Waals surface area contributed by atoms with Crippen molar-refractivity contribution in [3.8, 4) is 0 Å². The van der Waals surface area contributed by atoms with Crippen LogP contribution in [-0.2, 0) is 16.0 Å². The van der Waals surface area contributed by atoms with Crippen LogP contribution >= 0.6 is 11.6 Å². The first-order valence-corrected chi connectivity index (χ1v) is 13.2. The molecule has 0 unspecified atom stereocenters. The molecule has 8 nitrogen and oxygen atoms in total. The van der Waals surface area contributed by atoms with Crippen molar-refractivity contribution in [2.24, 2.45) is 0 Å². The van der Waals surface area contributed by atoms with E-state index < -0.39 is 0 Å². The molecule has 1 aromatic heterocycles. The van der Waals surface area contributed by atoms with Gasteiger partial charge >= 0.3 is 0 Å². The van der Waals surface area contributed by atoms with Crippen molar-refractivity contribution in [3.63, 3.8) is 0 Å². The minimum absolute atomic E-state index is 0.141. The highest BCUT2D eigenvalue weighted by atomic mass is 35.5. The number of nitrogens with zero attached hydrogens (tertiary/aromatic N) is 4. The highest BCUT2D eigenvalue weighted by Crippen LogP contribution is 2.39. The van der Waals surface area contributed by atoms with Gasteiger partial charge in [-0.05, 0) is 49.0 Å². The summed E-state index contributed by atoms with van der Waals surface area (Å²) in [7, 11) is 2.07. The Morgan fingerprint density at radius 2 is 1.69 bits per heavy atom. The van der Waals surface area contributed by atoms with Crippen LogP contribution in [0.3, 0.4) is 0 Å².